The first-order valence-electron chi connectivity index (χ1n) is 16.7. The summed E-state index contributed by atoms with van der Waals surface area (Å²) in [6, 6.07) is 39.9. The van der Waals surface area contributed by atoms with Crippen molar-refractivity contribution >= 4 is 7.60 Å². The Labute approximate surface area is 284 Å². The molecule has 8 nitrogen and oxygen atoms in total. The third kappa shape index (κ3) is 10.9. The number of rotatable bonds is 19. The van der Waals surface area contributed by atoms with Gasteiger partial charge < -0.3 is 32.7 Å². The average Bonchev–Trinajstić information content (AvgIpc) is 3.11. The molecule has 0 aliphatic carbocycles. The molecule has 1 aliphatic rings. The largest absolute Gasteiger partial charge is 0.374 e. The summed E-state index contributed by atoms with van der Waals surface area (Å²) in [5, 5.41) is 0. The fraction of sp³-hybridized carbons (Fsp3) is 0.385. The lowest BCUT2D eigenvalue weighted by atomic mass is 9.94. The number of benzene rings is 4. The fourth-order valence-electron chi connectivity index (χ4n) is 5.79. The topological polar surface area (TPSA) is 81.7 Å². The molecule has 1 heterocycles. The van der Waals surface area contributed by atoms with Crippen LogP contribution in [0.15, 0.2) is 121 Å². The monoisotopic (exact) mass is 674 g/mol. The van der Waals surface area contributed by atoms with E-state index in [1.165, 1.54) is 0 Å². The lowest BCUT2D eigenvalue weighted by Gasteiger charge is -2.46. The van der Waals surface area contributed by atoms with Crippen LogP contribution in [0.2, 0.25) is 0 Å². The summed E-state index contributed by atoms with van der Waals surface area (Å²) in [7, 11) is -3.55. The van der Waals surface area contributed by atoms with Crippen LogP contribution in [0.3, 0.4) is 0 Å². The Balaban J connectivity index is 1.48. The smallest absolute Gasteiger partial charge is 0.333 e. The van der Waals surface area contributed by atoms with Gasteiger partial charge in [-0.25, -0.2) is 0 Å². The summed E-state index contributed by atoms with van der Waals surface area (Å²) in [6.45, 7) is 5.64. The standard InChI is InChI=1S/C39H47O8P/c1-3-45-48(40,46-4-2)30-36-38(43-27-33-21-13-7-14-22-33)39(44-28-34-23-15-8-16-24-34)37(42-26-32-19-11-6-12-20-32)35(47-36)29-41-25-31-17-9-5-10-18-31/h5-24,35-39H,3-4,25-30H2,1-2H3/t35?,36-,37-,38?,39?/m1/s1. The van der Waals surface area contributed by atoms with Gasteiger partial charge in [0.1, 0.15) is 24.4 Å². The number of ether oxygens (including phenoxy) is 5. The second-order valence-electron chi connectivity index (χ2n) is 11.6. The van der Waals surface area contributed by atoms with Crippen LogP contribution in [-0.2, 0) is 63.7 Å². The molecule has 0 saturated carbocycles. The molecule has 1 fully saturated rings. The van der Waals surface area contributed by atoms with E-state index in [0.29, 0.717) is 26.4 Å². The molecule has 1 aliphatic heterocycles. The Morgan fingerprint density at radius 2 is 0.896 bits per heavy atom. The Kier molecular flexibility index (Phi) is 14.4. The van der Waals surface area contributed by atoms with Crippen molar-refractivity contribution in [2.75, 3.05) is 26.0 Å². The molecule has 9 heteroatoms. The SMILES string of the molecule is CCOP(=O)(C[C@H]1OC(COCc2ccccc2)[C@@H](OCc2ccccc2)C(OCc2ccccc2)C1OCc1ccccc1)OCC. The highest BCUT2D eigenvalue weighted by Crippen LogP contribution is 2.50. The molecule has 0 aromatic heterocycles. The molecule has 0 radical (unpaired) electrons. The van der Waals surface area contributed by atoms with E-state index in [0.717, 1.165) is 22.3 Å². The van der Waals surface area contributed by atoms with Crippen LogP contribution in [0.25, 0.3) is 0 Å². The highest BCUT2D eigenvalue weighted by molar-refractivity contribution is 7.53. The van der Waals surface area contributed by atoms with Gasteiger partial charge in [0.05, 0.1) is 58.5 Å². The van der Waals surface area contributed by atoms with E-state index in [1.54, 1.807) is 13.8 Å². The van der Waals surface area contributed by atoms with Crippen molar-refractivity contribution < 1.29 is 37.3 Å². The van der Waals surface area contributed by atoms with Crippen molar-refractivity contribution in [3.8, 4) is 0 Å². The molecule has 1 saturated heterocycles. The molecule has 48 heavy (non-hydrogen) atoms. The highest BCUT2D eigenvalue weighted by Gasteiger charge is 2.50. The zero-order valence-electron chi connectivity index (χ0n) is 27.8. The van der Waals surface area contributed by atoms with Crippen molar-refractivity contribution in [3.63, 3.8) is 0 Å². The van der Waals surface area contributed by atoms with Crippen LogP contribution in [0.5, 0.6) is 0 Å². The second kappa shape index (κ2) is 19.1. The van der Waals surface area contributed by atoms with Gasteiger partial charge >= 0.3 is 7.60 Å². The normalized spacial score (nSPS) is 21.2. The van der Waals surface area contributed by atoms with Gasteiger partial charge in [-0.15, -0.1) is 0 Å². The van der Waals surface area contributed by atoms with Gasteiger partial charge in [0.2, 0.25) is 0 Å². The predicted molar refractivity (Wildman–Crippen MR) is 186 cm³/mol. The first-order valence-corrected chi connectivity index (χ1v) is 18.4. The molecule has 4 aromatic carbocycles. The summed E-state index contributed by atoms with van der Waals surface area (Å²) in [6.07, 6.45) is -3.16. The molecule has 5 atom stereocenters. The van der Waals surface area contributed by atoms with E-state index in [9.17, 15) is 4.57 Å². The van der Waals surface area contributed by atoms with E-state index >= 15 is 0 Å². The average molecular weight is 675 g/mol. The van der Waals surface area contributed by atoms with Crippen molar-refractivity contribution in [2.24, 2.45) is 0 Å². The van der Waals surface area contributed by atoms with Gasteiger partial charge in [0.15, 0.2) is 0 Å². The molecule has 5 rings (SSSR count). The Morgan fingerprint density at radius 3 is 1.31 bits per heavy atom. The third-order valence-corrected chi connectivity index (χ3v) is 10.1. The van der Waals surface area contributed by atoms with Crippen LogP contribution in [0, 0.1) is 0 Å². The van der Waals surface area contributed by atoms with E-state index < -0.39 is 38.1 Å². The zero-order chi connectivity index (χ0) is 33.4. The summed E-state index contributed by atoms with van der Waals surface area (Å²) >= 11 is 0. The van der Waals surface area contributed by atoms with Gasteiger partial charge in [-0.2, -0.15) is 0 Å². The maximum atomic E-state index is 14.0. The Hall–Kier alpha value is -3.17. The molecule has 0 spiro atoms. The van der Waals surface area contributed by atoms with E-state index in [-0.39, 0.29) is 26.0 Å². The van der Waals surface area contributed by atoms with Gasteiger partial charge in [-0.3, -0.25) is 4.57 Å². The van der Waals surface area contributed by atoms with Gasteiger partial charge in [0.25, 0.3) is 0 Å². The predicted octanol–water partition coefficient (Wildman–Crippen LogP) is 7.99. The molecule has 0 N–H and O–H groups in total. The van der Waals surface area contributed by atoms with Gasteiger partial charge in [-0.1, -0.05) is 121 Å². The van der Waals surface area contributed by atoms with E-state index in [1.807, 2.05) is 121 Å². The lowest BCUT2D eigenvalue weighted by molar-refractivity contribution is -0.268. The highest BCUT2D eigenvalue weighted by atomic mass is 31.2. The molecular formula is C39H47O8P. The Morgan fingerprint density at radius 1 is 0.521 bits per heavy atom. The first kappa shape index (κ1) is 36.1. The minimum absolute atomic E-state index is 0.0140. The van der Waals surface area contributed by atoms with Crippen molar-refractivity contribution in [3.05, 3.63) is 144 Å². The van der Waals surface area contributed by atoms with Gasteiger partial charge in [-0.05, 0) is 36.1 Å². The lowest BCUT2D eigenvalue weighted by Crippen LogP contribution is -2.62. The van der Waals surface area contributed by atoms with Crippen LogP contribution < -0.4 is 0 Å². The minimum Gasteiger partial charge on any atom is -0.374 e. The molecular weight excluding hydrogens is 627 g/mol. The van der Waals surface area contributed by atoms with Crippen molar-refractivity contribution in [1.82, 2.24) is 0 Å². The second-order valence-corrected chi connectivity index (χ2v) is 13.7. The maximum Gasteiger partial charge on any atom is 0.333 e. The molecule has 256 valence electrons. The number of hydrogen-bond acceptors (Lipinski definition) is 8. The summed E-state index contributed by atoms with van der Waals surface area (Å²) in [4.78, 5) is 0. The summed E-state index contributed by atoms with van der Waals surface area (Å²) in [5.74, 6) is 0. The maximum absolute atomic E-state index is 14.0. The van der Waals surface area contributed by atoms with Crippen LogP contribution in [-0.4, -0.2) is 56.5 Å². The van der Waals surface area contributed by atoms with Crippen molar-refractivity contribution in [1.29, 1.82) is 0 Å². The molecule has 0 amide bonds. The molecule has 3 unspecified atom stereocenters. The fourth-order valence-corrected chi connectivity index (χ4v) is 7.59. The third-order valence-electron chi connectivity index (χ3n) is 8.03. The van der Waals surface area contributed by atoms with Crippen LogP contribution in [0.4, 0.5) is 0 Å². The zero-order valence-corrected chi connectivity index (χ0v) is 28.7. The summed E-state index contributed by atoms with van der Waals surface area (Å²) in [5.41, 5.74) is 4.07. The quantitative estimate of drug-likeness (QED) is 0.0927. The summed E-state index contributed by atoms with van der Waals surface area (Å²) < 4.78 is 58.7. The van der Waals surface area contributed by atoms with Crippen molar-refractivity contribution in [2.45, 2.75) is 70.8 Å². The van der Waals surface area contributed by atoms with E-state index in [2.05, 4.69) is 0 Å². The van der Waals surface area contributed by atoms with Crippen LogP contribution in [0.1, 0.15) is 36.1 Å². The number of hydrogen-bond donors (Lipinski definition) is 0. The Bertz CT molecular complexity index is 1480. The van der Waals surface area contributed by atoms with Gasteiger partial charge in [0, 0.05) is 0 Å². The minimum atomic E-state index is -3.55. The van der Waals surface area contributed by atoms with Crippen LogP contribution >= 0.6 is 7.60 Å². The van der Waals surface area contributed by atoms with E-state index in [4.69, 9.17) is 32.7 Å². The molecule has 0 bridgehead atoms. The first-order chi connectivity index (χ1) is 23.6. The molecule has 4 aromatic rings.